The standard InChI is InChI=1S/C23H25F3N6O/c1-15-4-3-5-19(16(15)2)31-10-12-32(13-11-31)22-20(27)21(28-14-29-22)30-17-6-8-18(9-7-17)33-23(24,25)26/h3-9,14H,10-13,27H2,1-2H3,(H,28,29,30). The Kier molecular flexibility index (Phi) is 6.17. The topological polar surface area (TPSA) is 79.5 Å². The SMILES string of the molecule is Cc1cccc(N2CCN(c3ncnc(Nc4ccc(OC(F)(F)F)cc4)c3N)CC2)c1C. The maximum absolute atomic E-state index is 12.3. The molecule has 0 unspecified atom stereocenters. The highest BCUT2D eigenvalue weighted by molar-refractivity contribution is 5.78. The summed E-state index contributed by atoms with van der Waals surface area (Å²) in [6.45, 7) is 7.41. The van der Waals surface area contributed by atoms with Crippen LogP contribution < -0.4 is 25.6 Å². The van der Waals surface area contributed by atoms with Gasteiger partial charge in [0.1, 0.15) is 17.8 Å². The Hall–Kier alpha value is -3.69. The van der Waals surface area contributed by atoms with E-state index in [1.165, 1.54) is 47.4 Å². The Morgan fingerprint density at radius 3 is 2.27 bits per heavy atom. The van der Waals surface area contributed by atoms with Gasteiger partial charge in [-0.3, -0.25) is 0 Å². The van der Waals surface area contributed by atoms with Crippen LogP contribution in [0.4, 0.5) is 41.9 Å². The van der Waals surface area contributed by atoms with Crippen LogP contribution in [0.3, 0.4) is 0 Å². The normalized spacial score (nSPS) is 14.3. The Labute approximate surface area is 190 Å². The average molecular weight is 458 g/mol. The molecule has 3 aromatic rings. The summed E-state index contributed by atoms with van der Waals surface area (Å²) in [5, 5.41) is 3.04. The van der Waals surface area contributed by atoms with Crippen LogP contribution >= 0.6 is 0 Å². The van der Waals surface area contributed by atoms with Crippen LogP contribution in [0.15, 0.2) is 48.8 Å². The molecule has 3 N–H and O–H groups in total. The van der Waals surface area contributed by atoms with Crippen LogP contribution in [-0.2, 0) is 0 Å². The first-order valence-electron chi connectivity index (χ1n) is 10.5. The van der Waals surface area contributed by atoms with E-state index in [0.29, 0.717) is 23.0 Å². The monoisotopic (exact) mass is 458 g/mol. The number of rotatable bonds is 5. The van der Waals surface area contributed by atoms with Gasteiger partial charge in [0.2, 0.25) is 0 Å². The fraction of sp³-hybridized carbons (Fsp3) is 0.304. The zero-order valence-electron chi connectivity index (χ0n) is 18.4. The smallest absolute Gasteiger partial charge is 0.406 e. The second kappa shape index (κ2) is 9.05. The molecule has 1 aliphatic heterocycles. The molecule has 2 aromatic carbocycles. The maximum Gasteiger partial charge on any atom is 0.573 e. The van der Waals surface area contributed by atoms with Crippen LogP contribution in [0.2, 0.25) is 0 Å². The molecule has 2 heterocycles. The Bertz CT molecular complexity index is 1110. The molecule has 7 nitrogen and oxygen atoms in total. The van der Waals surface area contributed by atoms with Crippen molar-refractivity contribution in [2.45, 2.75) is 20.2 Å². The number of nitrogens with one attached hydrogen (secondary N) is 1. The van der Waals surface area contributed by atoms with Gasteiger partial charge in [0.25, 0.3) is 0 Å². The molecule has 1 fully saturated rings. The quantitative estimate of drug-likeness (QED) is 0.576. The molecule has 1 saturated heterocycles. The van der Waals surface area contributed by atoms with E-state index in [2.05, 4.69) is 61.9 Å². The van der Waals surface area contributed by atoms with Crippen molar-refractivity contribution in [2.24, 2.45) is 0 Å². The minimum Gasteiger partial charge on any atom is -0.406 e. The largest absolute Gasteiger partial charge is 0.573 e. The van der Waals surface area contributed by atoms with E-state index in [4.69, 9.17) is 5.73 Å². The van der Waals surface area contributed by atoms with Crippen LogP contribution in [-0.4, -0.2) is 42.5 Å². The van der Waals surface area contributed by atoms with Gasteiger partial charge in [0.15, 0.2) is 11.6 Å². The van der Waals surface area contributed by atoms with Crippen molar-refractivity contribution in [3.63, 3.8) is 0 Å². The summed E-state index contributed by atoms with van der Waals surface area (Å²) in [5.74, 6) is 0.720. The molecule has 33 heavy (non-hydrogen) atoms. The van der Waals surface area contributed by atoms with Crippen molar-refractivity contribution in [3.05, 3.63) is 59.9 Å². The Morgan fingerprint density at radius 2 is 1.61 bits per heavy atom. The number of nitrogens with two attached hydrogens (primary N) is 1. The molecule has 0 atom stereocenters. The number of aromatic nitrogens is 2. The molecule has 0 aliphatic carbocycles. The number of halogens is 3. The molecule has 10 heteroatoms. The van der Waals surface area contributed by atoms with E-state index in [1.807, 2.05) is 0 Å². The van der Waals surface area contributed by atoms with Gasteiger partial charge >= 0.3 is 6.36 Å². The fourth-order valence-electron chi connectivity index (χ4n) is 3.85. The van der Waals surface area contributed by atoms with Gasteiger partial charge in [0.05, 0.1) is 0 Å². The highest BCUT2D eigenvalue weighted by Gasteiger charge is 2.31. The lowest BCUT2D eigenvalue weighted by atomic mass is 10.1. The second-order valence-electron chi connectivity index (χ2n) is 7.85. The van der Waals surface area contributed by atoms with E-state index in [0.717, 1.165) is 26.2 Å². The van der Waals surface area contributed by atoms with Gasteiger partial charge in [-0.15, -0.1) is 13.2 Å². The summed E-state index contributed by atoms with van der Waals surface area (Å²) in [4.78, 5) is 13.0. The molecule has 174 valence electrons. The summed E-state index contributed by atoms with van der Waals surface area (Å²) in [5.41, 5.74) is 11.1. The van der Waals surface area contributed by atoms with Crippen molar-refractivity contribution in [1.82, 2.24) is 9.97 Å². The number of benzene rings is 2. The number of anilines is 5. The lowest BCUT2D eigenvalue weighted by Gasteiger charge is -2.38. The van der Waals surface area contributed by atoms with Crippen molar-refractivity contribution >= 4 is 28.7 Å². The van der Waals surface area contributed by atoms with Crippen LogP contribution in [0.25, 0.3) is 0 Å². The first kappa shape index (κ1) is 22.5. The zero-order chi connectivity index (χ0) is 23.6. The third-order valence-corrected chi connectivity index (χ3v) is 5.71. The highest BCUT2D eigenvalue weighted by atomic mass is 19.4. The average Bonchev–Trinajstić information content (AvgIpc) is 2.78. The van der Waals surface area contributed by atoms with Gasteiger partial charge < -0.3 is 25.6 Å². The molecule has 0 spiro atoms. The number of alkyl halides is 3. The number of hydrogen-bond donors (Lipinski definition) is 2. The van der Waals surface area contributed by atoms with Crippen LogP contribution in [0.5, 0.6) is 5.75 Å². The lowest BCUT2D eigenvalue weighted by molar-refractivity contribution is -0.274. The summed E-state index contributed by atoms with van der Waals surface area (Å²) in [7, 11) is 0. The van der Waals surface area contributed by atoms with E-state index in [9.17, 15) is 13.2 Å². The molecule has 0 bridgehead atoms. The number of nitrogens with zero attached hydrogens (tertiary/aromatic N) is 4. The highest BCUT2D eigenvalue weighted by Crippen LogP contribution is 2.31. The molecule has 0 amide bonds. The predicted molar refractivity (Wildman–Crippen MR) is 123 cm³/mol. The molecule has 4 rings (SSSR count). The number of hydrogen-bond acceptors (Lipinski definition) is 7. The molecule has 0 saturated carbocycles. The van der Waals surface area contributed by atoms with Crippen LogP contribution in [0, 0.1) is 13.8 Å². The van der Waals surface area contributed by atoms with Crippen LogP contribution in [0.1, 0.15) is 11.1 Å². The van der Waals surface area contributed by atoms with E-state index in [-0.39, 0.29) is 5.75 Å². The van der Waals surface area contributed by atoms with Crippen molar-refractivity contribution < 1.29 is 17.9 Å². The van der Waals surface area contributed by atoms with Gasteiger partial charge in [-0.25, -0.2) is 9.97 Å². The van der Waals surface area contributed by atoms with Gasteiger partial charge in [0, 0.05) is 37.6 Å². The molecular formula is C23H25F3N6O. The second-order valence-corrected chi connectivity index (χ2v) is 7.85. The van der Waals surface area contributed by atoms with Gasteiger partial charge in [-0.05, 0) is 55.3 Å². The Morgan fingerprint density at radius 1 is 0.939 bits per heavy atom. The molecule has 1 aliphatic rings. The number of aryl methyl sites for hydroxylation is 1. The lowest BCUT2D eigenvalue weighted by Crippen LogP contribution is -2.47. The number of nitrogen functional groups attached to an aromatic ring is 1. The molecule has 1 aromatic heterocycles. The Balaban J connectivity index is 1.44. The van der Waals surface area contributed by atoms with Crippen molar-refractivity contribution in [2.75, 3.05) is 47.0 Å². The van der Waals surface area contributed by atoms with Crippen molar-refractivity contribution in [3.8, 4) is 5.75 Å². The summed E-state index contributed by atoms with van der Waals surface area (Å²) in [6.07, 6.45) is -3.31. The summed E-state index contributed by atoms with van der Waals surface area (Å²) < 4.78 is 40.9. The summed E-state index contributed by atoms with van der Waals surface area (Å²) >= 11 is 0. The third kappa shape index (κ3) is 5.21. The van der Waals surface area contributed by atoms with Gasteiger partial charge in [-0.2, -0.15) is 0 Å². The van der Waals surface area contributed by atoms with E-state index < -0.39 is 6.36 Å². The zero-order valence-corrected chi connectivity index (χ0v) is 18.4. The fourth-order valence-corrected chi connectivity index (χ4v) is 3.85. The third-order valence-electron chi connectivity index (χ3n) is 5.71. The number of ether oxygens (including phenoxy) is 1. The minimum absolute atomic E-state index is 0.300. The van der Waals surface area contributed by atoms with Gasteiger partial charge in [-0.1, -0.05) is 12.1 Å². The molecular weight excluding hydrogens is 433 g/mol. The van der Waals surface area contributed by atoms with Crippen molar-refractivity contribution in [1.29, 1.82) is 0 Å². The summed E-state index contributed by atoms with van der Waals surface area (Å²) in [6, 6.07) is 11.7. The molecule has 0 radical (unpaired) electrons. The predicted octanol–water partition coefficient (Wildman–Crippen LogP) is 4.64. The first-order valence-corrected chi connectivity index (χ1v) is 10.5. The first-order chi connectivity index (χ1) is 15.7. The maximum atomic E-state index is 12.3. The van der Waals surface area contributed by atoms with E-state index in [1.54, 1.807) is 0 Å². The number of piperazine rings is 1. The van der Waals surface area contributed by atoms with E-state index >= 15 is 0 Å². The minimum atomic E-state index is -4.73.